The molecule has 2 atom stereocenters. The van der Waals surface area contributed by atoms with E-state index in [1.165, 1.54) is 6.92 Å². The number of nitrogens with one attached hydrogen (secondary N) is 1. The first-order valence-electron chi connectivity index (χ1n) is 6.53. The first kappa shape index (κ1) is 16.6. The van der Waals surface area contributed by atoms with Crippen molar-refractivity contribution in [1.82, 2.24) is 8.43 Å². The highest BCUT2D eigenvalue weighted by atomic mass is 127. The van der Waals surface area contributed by atoms with Gasteiger partial charge in [-0.1, -0.05) is 13.8 Å². The van der Waals surface area contributed by atoms with Crippen molar-refractivity contribution in [3.63, 3.8) is 0 Å². The number of rotatable bonds is 6. The molecule has 1 saturated heterocycles. The van der Waals surface area contributed by atoms with Crippen molar-refractivity contribution >= 4 is 40.3 Å². The van der Waals surface area contributed by atoms with Crippen molar-refractivity contribution < 1.29 is 14.4 Å². The van der Waals surface area contributed by atoms with E-state index in [-0.39, 0.29) is 29.9 Å². The van der Waals surface area contributed by atoms with E-state index in [2.05, 4.69) is 19.2 Å². The van der Waals surface area contributed by atoms with E-state index in [0.29, 0.717) is 18.9 Å². The van der Waals surface area contributed by atoms with Gasteiger partial charge in [-0.15, -0.1) is 0 Å². The van der Waals surface area contributed by atoms with E-state index in [0.717, 1.165) is 6.42 Å². The quantitative estimate of drug-likeness (QED) is 0.560. The van der Waals surface area contributed by atoms with Crippen LogP contribution in [-0.4, -0.2) is 39.2 Å². The van der Waals surface area contributed by atoms with Crippen LogP contribution in [0.3, 0.4) is 0 Å². The van der Waals surface area contributed by atoms with Gasteiger partial charge in [0.25, 0.3) is 0 Å². The highest BCUT2D eigenvalue weighted by Crippen LogP contribution is 2.19. The normalized spacial score (nSPS) is 21.7. The molecule has 0 radical (unpaired) electrons. The van der Waals surface area contributed by atoms with Gasteiger partial charge >= 0.3 is 0 Å². The first-order valence-corrected chi connectivity index (χ1v) is 7.50. The Hall–Kier alpha value is -0.500. The second kappa shape index (κ2) is 7.33. The lowest BCUT2D eigenvalue weighted by Gasteiger charge is -2.23. The fraction of sp³-hybridized carbons (Fsp3) is 0.769. The first-order chi connectivity index (χ1) is 8.79. The maximum atomic E-state index is 12.2. The molecule has 0 aromatic rings. The molecule has 0 aliphatic carbocycles. The van der Waals surface area contributed by atoms with Crippen molar-refractivity contribution in [3.8, 4) is 0 Å². The molecule has 1 heterocycles. The lowest BCUT2D eigenvalue weighted by molar-refractivity contribution is -0.126. The number of carbonyl (C=O) groups is 3. The van der Waals surface area contributed by atoms with Gasteiger partial charge in [-0.25, -0.2) is 3.11 Å². The SMILES string of the molecule is CC(=O)C[C@H](CC(C)C)NC(=O)[C@@H]1CC(=O)CN1I. The Morgan fingerprint density at radius 3 is 2.53 bits per heavy atom. The van der Waals surface area contributed by atoms with Crippen LogP contribution in [0.2, 0.25) is 0 Å². The van der Waals surface area contributed by atoms with Crippen molar-refractivity contribution in [2.75, 3.05) is 6.54 Å². The molecule has 1 amide bonds. The number of nitrogens with zero attached hydrogens (tertiary/aromatic N) is 1. The van der Waals surface area contributed by atoms with Crippen molar-refractivity contribution in [2.24, 2.45) is 5.92 Å². The summed E-state index contributed by atoms with van der Waals surface area (Å²) in [6.45, 7) is 5.97. The third kappa shape index (κ3) is 5.56. The highest BCUT2D eigenvalue weighted by molar-refractivity contribution is 14.1. The van der Waals surface area contributed by atoms with Crippen molar-refractivity contribution in [2.45, 2.75) is 52.1 Å². The molecule has 0 unspecified atom stereocenters. The molecule has 0 aromatic heterocycles. The van der Waals surface area contributed by atoms with Crippen molar-refractivity contribution in [3.05, 3.63) is 0 Å². The molecule has 0 aromatic carbocycles. The summed E-state index contributed by atoms with van der Waals surface area (Å²) in [4.78, 5) is 34.7. The molecule has 1 aliphatic rings. The molecule has 6 heteroatoms. The van der Waals surface area contributed by atoms with E-state index in [1.54, 1.807) is 3.11 Å². The Morgan fingerprint density at radius 2 is 2.11 bits per heavy atom. The summed E-state index contributed by atoms with van der Waals surface area (Å²) < 4.78 is 1.73. The lowest BCUT2D eigenvalue weighted by Crippen LogP contribution is -2.45. The molecular weight excluding hydrogens is 359 g/mol. The van der Waals surface area contributed by atoms with E-state index < -0.39 is 6.04 Å². The standard InChI is InChI=1S/C13H21IN2O3/c1-8(2)4-10(5-9(3)17)15-13(19)12-6-11(18)7-16(12)14/h8,10,12H,4-7H2,1-3H3,(H,15,19)/t10-,12-/m0/s1. The van der Waals surface area contributed by atoms with Crippen LogP contribution in [0.1, 0.15) is 40.0 Å². The molecule has 19 heavy (non-hydrogen) atoms. The predicted molar refractivity (Wildman–Crippen MR) is 80.8 cm³/mol. The monoisotopic (exact) mass is 380 g/mol. The number of ketones is 2. The average molecular weight is 380 g/mol. The zero-order chi connectivity index (χ0) is 14.6. The van der Waals surface area contributed by atoms with Crippen LogP contribution in [-0.2, 0) is 14.4 Å². The second-order valence-electron chi connectivity index (χ2n) is 5.56. The number of hydrogen-bond acceptors (Lipinski definition) is 4. The number of amides is 1. The summed E-state index contributed by atoms with van der Waals surface area (Å²) in [5.74, 6) is 0.416. The predicted octanol–water partition coefficient (Wildman–Crippen LogP) is 1.49. The third-order valence-electron chi connectivity index (χ3n) is 3.03. The van der Waals surface area contributed by atoms with Gasteiger partial charge in [0.1, 0.15) is 17.6 Å². The van der Waals surface area contributed by atoms with Gasteiger partial charge in [0.15, 0.2) is 0 Å². The summed E-state index contributed by atoms with van der Waals surface area (Å²) in [7, 11) is 0. The van der Waals surface area contributed by atoms with Crippen LogP contribution in [0.4, 0.5) is 0 Å². The number of Topliss-reactive ketones (excluding diaryl/α,β-unsaturated/α-hetero) is 2. The summed E-state index contributed by atoms with van der Waals surface area (Å²) in [6.07, 6.45) is 1.39. The number of carbonyl (C=O) groups excluding carboxylic acids is 3. The van der Waals surface area contributed by atoms with Gasteiger partial charge in [-0.2, -0.15) is 0 Å². The number of hydrogen-bond donors (Lipinski definition) is 1. The Bertz CT molecular complexity index is 371. The topological polar surface area (TPSA) is 66.5 Å². The lowest BCUT2D eigenvalue weighted by atomic mass is 9.99. The van der Waals surface area contributed by atoms with Crippen molar-refractivity contribution in [1.29, 1.82) is 0 Å². The molecule has 1 aliphatic heterocycles. The van der Waals surface area contributed by atoms with Crippen LogP contribution >= 0.6 is 22.9 Å². The molecule has 1 N–H and O–H groups in total. The van der Waals surface area contributed by atoms with E-state index in [1.807, 2.05) is 22.9 Å². The summed E-state index contributed by atoms with van der Waals surface area (Å²) in [5, 5.41) is 2.91. The van der Waals surface area contributed by atoms with Gasteiger partial charge in [-0.3, -0.25) is 14.4 Å². The molecular formula is C13H21IN2O3. The van der Waals surface area contributed by atoms with Crippen LogP contribution in [0, 0.1) is 5.92 Å². The van der Waals surface area contributed by atoms with Gasteiger partial charge < -0.3 is 5.32 Å². The molecule has 0 bridgehead atoms. The molecule has 1 rings (SSSR count). The third-order valence-corrected chi connectivity index (χ3v) is 4.04. The van der Waals surface area contributed by atoms with Crippen LogP contribution in [0.25, 0.3) is 0 Å². The minimum absolute atomic E-state index is 0.0692. The Morgan fingerprint density at radius 1 is 1.47 bits per heavy atom. The zero-order valence-corrected chi connectivity index (χ0v) is 13.8. The van der Waals surface area contributed by atoms with Gasteiger partial charge in [0.05, 0.1) is 6.54 Å². The maximum Gasteiger partial charge on any atom is 0.238 e. The van der Waals surface area contributed by atoms with Gasteiger partial charge in [-0.05, 0) is 19.3 Å². The fourth-order valence-corrected chi connectivity index (χ4v) is 3.11. The fourth-order valence-electron chi connectivity index (χ4n) is 2.28. The van der Waals surface area contributed by atoms with Crippen LogP contribution in [0.15, 0.2) is 0 Å². The molecule has 0 saturated carbocycles. The highest BCUT2D eigenvalue weighted by Gasteiger charge is 2.35. The van der Waals surface area contributed by atoms with Gasteiger partial charge in [0.2, 0.25) is 5.91 Å². The second-order valence-corrected chi connectivity index (χ2v) is 6.80. The summed E-state index contributed by atoms with van der Waals surface area (Å²) in [6, 6.07) is -0.528. The molecule has 1 fully saturated rings. The average Bonchev–Trinajstić information content (AvgIpc) is 2.55. The van der Waals surface area contributed by atoms with E-state index in [9.17, 15) is 14.4 Å². The molecule has 5 nitrogen and oxygen atoms in total. The zero-order valence-electron chi connectivity index (χ0n) is 11.6. The van der Waals surface area contributed by atoms with E-state index >= 15 is 0 Å². The molecule has 0 spiro atoms. The minimum atomic E-state index is -0.394. The smallest absolute Gasteiger partial charge is 0.238 e. The summed E-state index contributed by atoms with van der Waals surface area (Å²) >= 11 is 2.01. The number of halogens is 1. The Kier molecular flexibility index (Phi) is 6.38. The van der Waals surface area contributed by atoms with Crippen LogP contribution in [0.5, 0.6) is 0 Å². The Balaban J connectivity index is 2.59. The maximum absolute atomic E-state index is 12.2. The largest absolute Gasteiger partial charge is 0.352 e. The van der Waals surface area contributed by atoms with E-state index in [4.69, 9.17) is 0 Å². The summed E-state index contributed by atoms with van der Waals surface area (Å²) in [5.41, 5.74) is 0. The minimum Gasteiger partial charge on any atom is -0.352 e. The molecule has 108 valence electrons. The van der Waals surface area contributed by atoms with Gasteiger partial charge in [0, 0.05) is 41.7 Å². The Labute approximate surface area is 128 Å². The van der Waals surface area contributed by atoms with Crippen LogP contribution < -0.4 is 5.32 Å².